The third-order valence-corrected chi connectivity index (χ3v) is 9.77. The van der Waals surface area contributed by atoms with E-state index in [1.54, 1.807) is 39.8 Å². The number of hydrogen-bond acceptors (Lipinski definition) is 6. The molecule has 0 radical (unpaired) electrons. The molecule has 2 amide bonds. The van der Waals surface area contributed by atoms with Crippen LogP contribution in [0.5, 0.6) is 0 Å². The Kier molecular flexibility index (Phi) is 7.60. The molecule has 45 heavy (non-hydrogen) atoms. The fourth-order valence-corrected chi connectivity index (χ4v) is 7.28. The third-order valence-electron chi connectivity index (χ3n) is 9.24. The van der Waals surface area contributed by atoms with Crippen LogP contribution in [0.25, 0.3) is 16.7 Å². The van der Waals surface area contributed by atoms with Crippen LogP contribution < -0.4 is 5.56 Å². The molecule has 3 aliphatic rings. The molecule has 2 N–H and O–H groups in total. The fraction of sp³-hybridized carbons (Fsp3) is 0.375. The summed E-state index contributed by atoms with van der Waals surface area (Å²) in [6, 6.07) is 15.3. The van der Waals surface area contributed by atoms with Gasteiger partial charge in [0.2, 0.25) is 0 Å². The van der Waals surface area contributed by atoms with Crippen LogP contribution in [0.3, 0.4) is 0 Å². The van der Waals surface area contributed by atoms with Crippen molar-refractivity contribution in [2.75, 3.05) is 19.6 Å². The molecule has 3 atom stereocenters. The van der Waals surface area contributed by atoms with Crippen molar-refractivity contribution in [2.24, 2.45) is 0 Å². The van der Waals surface area contributed by atoms with E-state index in [-0.39, 0.29) is 30.2 Å². The Bertz CT molecular complexity index is 1830. The normalized spacial score (nSPS) is 22.6. The standard InChI is InChI=1S/C32H31Cl2N5O6/c33-21-5-1-20(2-6-21)29(40)36-13-11-32(44,12-14-36)17-37-18-35-28-24(30(37)41)15-26(34)39(28)22-7-3-19(4-8-22)27-25-10-9-23(45-25)16-38(27)31(42)43/h1-8,15,18,23,25,27,44H,9-14,16-17H2,(H,42,43)/t23-,25+,27-/m0/s1. The summed E-state index contributed by atoms with van der Waals surface area (Å²) in [7, 11) is 0. The first-order valence-corrected chi connectivity index (χ1v) is 15.6. The zero-order valence-electron chi connectivity index (χ0n) is 24.2. The van der Waals surface area contributed by atoms with Crippen LogP contribution >= 0.6 is 23.2 Å². The molecule has 0 aliphatic carbocycles. The quantitative estimate of drug-likeness (QED) is 0.319. The van der Waals surface area contributed by atoms with E-state index in [2.05, 4.69) is 4.98 Å². The average molecular weight is 653 g/mol. The molecule has 5 heterocycles. The van der Waals surface area contributed by atoms with Crippen LogP contribution in [0.2, 0.25) is 10.2 Å². The van der Waals surface area contributed by atoms with Crippen molar-refractivity contribution in [3.8, 4) is 5.69 Å². The van der Waals surface area contributed by atoms with E-state index >= 15 is 0 Å². The fourth-order valence-electron chi connectivity index (χ4n) is 6.87. The maximum Gasteiger partial charge on any atom is 0.407 e. The second-order valence-electron chi connectivity index (χ2n) is 12.1. The lowest BCUT2D eigenvalue weighted by molar-refractivity contribution is -0.0685. The summed E-state index contributed by atoms with van der Waals surface area (Å²) in [6.07, 6.45) is 2.46. The van der Waals surface area contributed by atoms with Crippen LogP contribution in [0.4, 0.5) is 4.79 Å². The highest BCUT2D eigenvalue weighted by Crippen LogP contribution is 2.40. The number of fused-ring (bicyclic) bond motifs is 3. The number of morpholine rings is 1. The number of aromatic nitrogens is 3. The van der Waals surface area contributed by atoms with Gasteiger partial charge in [0.05, 0.1) is 42.3 Å². The van der Waals surface area contributed by atoms with E-state index in [0.717, 1.165) is 18.4 Å². The number of carbonyl (C=O) groups excluding carboxylic acids is 1. The minimum absolute atomic E-state index is 0.0286. The molecule has 3 aliphatic heterocycles. The molecule has 0 unspecified atom stereocenters. The van der Waals surface area contributed by atoms with Crippen molar-refractivity contribution >= 4 is 46.2 Å². The number of benzene rings is 2. The number of likely N-dealkylation sites (tertiary alicyclic amines) is 2. The number of ether oxygens (including phenoxy) is 1. The van der Waals surface area contributed by atoms with Crippen LogP contribution in [-0.4, -0.2) is 83.6 Å². The zero-order chi connectivity index (χ0) is 31.5. The predicted molar refractivity (Wildman–Crippen MR) is 167 cm³/mol. The third kappa shape index (κ3) is 5.48. The van der Waals surface area contributed by atoms with Gasteiger partial charge in [-0.1, -0.05) is 35.3 Å². The van der Waals surface area contributed by atoms with Gasteiger partial charge >= 0.3 is 6.09 Å². The number of hydrogen-bond donors (Lipinski definition) is 2. The smallest absolute Gasteiger partial charge is 0.407 e. The first-order chi connectivity index (χ1) is 21.6. The predicted octanol–water partition coefficient (Wildman–Crippen LogP) is 4.74. The van der Waals surface area contributed by atoms with Crippen LogP contribution in [0.15, 0.2) is 65.7 Å². The van der Waals surface area contributed by atoms with Gasteiger partial charge in [-0.3, -0.25) is 23.6 Å². The monoisotopic (exact) mass is 651 g/mol. The highest BCUT2D eigenvalue weighted by atomic mass is 35.5. The van der Waals surface area contributed by atoms with Crippen molar-refractivity contribution in [1.82, 2.24) is 23.9 Å². The Morgan fingerprint density at radius 1 is 1.02 bits per heavy atom. The molecule has 4 aromatic rings. The van der Waals surface area contributed by atoms with Crippen molar-refractivity contribution in [1.29, 1.82) is 0 Å². The summed E-state index contributed by atoms with van der Waals surface area (Å²) in [5.74, 6) is -0.128. The summed E-state index contributed by atoms with van der Waals surface area (Å²) in [6.45, 7) is 1.07. The van der Waals surface area contributed by atoms with Gasteiger partial charge < -0.3 is 19.8 Å². The van der Waals surface area contributed by atoms with E-state index in [4.69, 9.17) is 27.9 Å². The van der Waals surface area contributed by atoms with Crippen molar-refractivity contribution in [3.63, 3.8) is 0 Å². The molecule has 0 saturated carbocycles. The summed E-state index contributed by atoms with van der Waals surface area (Å²) in [5, 5.41) is 22.3. The van der Waals surface area contributed by atoms with Gasteiger partial charge in [0.25, 0.3) is 11.5 Å². The molecule has 11 nitrogen and oxygen atoms in total. The van der Waals surface area contributed by atoms with Gasteiger partial charge in [0, 0.05) is 29.4 Å². The summed E-state index contributed by atoms with van der Waals surface area (Å²) in [5.41, 5.74) is 0.869. The van der Waals surface area contributed by atoms with Crippen molar-refractivity contribution in [2.45, 2.75) is 56.1 Å². The molecule has 2 aromatic carbocycles. The van der Waals surface area contributed by atoms with E-state index < -0.39 is 17.7 Å². The van der Waals surface area contributed by atoms with Gasteiger partial charge in [0.15, 0.2) is 5.65 Å². The molecule has 3 saturated heterocycles. The number of piperidine rings is 1. The Hall–Kier alpha value is -3.90. The molecular formula is C32H31Cl2N5O6. The second kappa shape index (κ2) is 11.5. The van der Waals surface area contributed by atoms with Crippen LogP contribution in [-0.2, 0) is 11.3 Å². The van der Waals surface area contributed by atoms with Crippen molar-refractivity contribution in [3.05, 3.63) is 92.6 Å². The van der Waals surface area contributed by atoms with Gasteiger partial charge in [-0.2, -0.15) is 0 Å². The molecule has 2 aromatic heterocycles. The Morgan fingerprint density at radius 2 is 1.73 bits per heavy atom. The molecule has 2 bridgehead atoms. The van der Waals surface area contributed by atoms with E-state index in [1.165, 1.54) is 15.8 Å². The van der Waals surface area contributed by atoms with Gasteiger partial charge in [-0.15, -0.1) is 0 Å². The lowest BCUT2D eigenvalue weighted by Crippen LogP contribution is -2.49. The lowest BCUT2D eigenvalue weighted by atomic mass is 9.91. The number of rotatable bonds is 5. The Labute approximate surface area is 268 Å². The summed E-state index contributed by atoms with van der Waals surface area (Å²) >= 11 is 12.6. The minimum Gasteiger partial charge on any atom is -0.465 e. The number of carboxylic acid groups (broad SMARTS) is 1. The Morgan fingerprint density at radius 3 is 2.42 bits per heavy atom. The maximum atomic E-state index is 13.5. The van der Waals surface area contributed by atoms with Gasteiger partial charge in [-0.25, -0.2) is 9.78 Å². The molecule has 13 heteroatoms. The first kappa shape index (κ1) is 29.8. The number of nitrogens with zero attached hydrogens (tertiary/aromatic N) is 5. The lowest BCUT2D eigenvalue weighted by Gasteiger charge is -2.38. The Balaban J connectivity index is 1.09. The van der Waals surface area contributed by atoms with E-state index in [9.17, 15) is 24.6 Å². The summed E-state index contributed by atoms with van der Waals surface area (Å²) < 4.78 is 9.09. The zero-order valence-corrected chi connectivity index (χ0v) is 25.7. The maximum absolute atomic E-state index is 13.5. The SMILES string of the molecule is O=C(c1ccc(Cl)cc1)N1CCC(O)(Cn2cnc3c(cc(Cl)n3-c3ccc([C@H]4[C@H]5CC[C@@H](CN4C(=O)O)O5)cc3)c2=O)CC1. The highest BCUT2D eigenvalue weighted by molar-refractivity contribution is 6.31. The minimum atomic E-state index is -1.19. The van der Waals surface area contributed by atoms with E-state index in [0.29, 0.717) is 64.9 Å². The molecule has 7 rings (SSSR count). The van der Waals surface area contributed by atoms with Crippen LogP contribution in [0, 0.1) is 0 Å². The first-order valence-electron chi connectivity index (χ1n) is 14.9. The topological polar surface area (TPSA) is 130 Å². The van der Waals surface area contributed by atoms with Crippen LogP contribution in [0.1, 0.15) is 47.6 Å². The number of aliphatic hydroxyl groups is 1. The largest absolute Gasteiger partial charge is 0.465 e. The number of halogens is 2. The van der Waals surface area contributed by atoms with Gasteiger partial charge in [0.1, 0.15) is 11.5 Å². The molecule has 3 fully saturated rings. The molecule has 0 spiro atoms. The molecular weight excluding hydrogens is 621 g/mol. The number of amides is 2. The highest BCUT2D eigenvalue weighted by Gasteiger charge is 2.44. The number of carbonyl (C=O) groups is 2. The summed E-state index contributed by atoms with van der Waals surface area (Å²) in [4.78, 5) is 46.1. The van der Waals surface area contributed by atoms with E-state index in [1.807, 2.05) is 24.3 Å². The van der Waals surface area contributed by atoms with Gasteiger partial charge in [-0.05, 0) is 73.7 Å². The molecule has 234 valence electrons. The second-order valence-corrected chi connectivity index (χ2v) is 12.9. The van der Waals surface area contributed by atoms with Crippen molar-refractivity contribution < 1.29 is 24.5 Å². The average Bonchev–Trinajstić information content (AvgIpc) is 3.58.